The zero-order valence-electron chi connectivity index (χ0n) is 16.7. The molecule has 1 aromatic rings. The van der Waals surface area contributed by atoms with E-state index in [1.807, 2.05) is 0 Å². The van der Waals surface area contributed by atoms with E-state index in [0.29, 0.717) is 22.8 Å². The molecule has 1 aromatic heterocycles. The van der Waals surface area contributed by atoms with Gasteiger partial charge in [-0.15, -0.1) is 0 Å². The molecule has 4 bridgehead atoms. The fraction of sp³-hybridized carbons (Fsp3) is 0.619. The third-order valence-corrected chi connectivity index (χ3v) is 7.13. The van der Waals surface area contributed by atoms with Crippen LogP contribution in [0.2, 0.25) is 10.0 Å². The van der Waals surface area contributed by atoms with Crippen molar-refractivity contribution in [1.82, 2.24) is 10.3 Å². The number of halogens is 2. The monoisotopic (exact) mass is 453 g/mol. The highest BCUT2D eigenvalue weighted by Gasteiger charge is 2.54. The molecule has 0 spiro atoms. The molecular weight excluding hydrogens is 429 g/mol. The van der Waals surface area contributed by atoms with E-state index >= 15 is 0 Å². The topological polar surface area (TPSA) is 97.4 Å². The first-order valence-corrected chi connectivity index (χ1v) is 11.1. The van der Waals surface area contributed by atoms with Crippen LogP contribution in [0.5, 0.6) is 0 Å². The van der Waals surface area contributed by atoms with Gasteiger partial charge < -0.3 is 15.4 Å². The largest absolute Gasteiger partial charge is 0.451 e. The number of nitrogens with zero attached hydrogens (tertiary/aromatic N) is 1. The normalized spacial score (nSPS) is 29.9. The molecule has 0 aliphatic heterocycles. The van der Waals surface area contributed by atoms with Gasteiger partial charge in [-0.05, 0) is 69.3 Å². The average Bonchev–Trinajstić information content (AvgIpc) is 2.67. The zero-order valence-corrected chi connectivity index (χ0v) is 18.3. The summed E-state index contributed by atoms with van der Waals surface area (Å²) in [7, 11) is 0. The van der Waals surface area contributed by atoms with Crippen molar-refractivity contribution in [1.29, 1.82) is 0 Å². The Hall–Kier alpha value is -1.86. The van der Waals surface area contributed by atoms with E-state index in [1.54, 1.807) is 0 Å². The summed E-state index contributed by atoms with van der Waals surface area (Å²) in [4.78, 5) is 41.3. The van der Waals surface area contributed by atoms with Crippen LogP contribution in [-0.4, -0.2) is 35.4 Å². The molecule has 1 heterocycles. The summed E-state index contributed by atoms with van der Waals surface area (Å²) >= 11 is 11.8. The van der Waals surface area contributed by atoms with Crippen LogP contribution in [-0.2, 0) is 19.1 Å². The molecule has 4 saturated carbocycles. The molecule has 0 radical (unpaired) electrons. The van der Waals surface area contributed by atoms with E-state index in [1.165, 1.54) is 38.4 Å². The first-order chi connectivity index (χ1) is 14.2. The quantitative estimate of drug-likeness (QED) is 0.641. The number of anilines is 1. The predicted molar refractivity (Wildman–Crippen MR) is 112 cm³/mol. The number of aromatic nitrogens is 1. The molecule has 2 amide bonds. The molecule has 1 atom stereocenters. The molecule has 0 unspecified atom stereocenters. The minimum Gasteiger partial charge on any atom is -0.451 e. The van der Waals surface area contributed by atoms with Crippen LogP contribution in [0.25, 0.3) is 0 Å². The summed E-state index contributed by atoms with van der Waals surface area (Å²) in [5.41, 5.74) is -0.324. The molecule has 30 heavy (non-hydrogen) atoms. The number of ether oxygens (including phenoxy) is 1. The fourth-order valence-corrected chi connectivity index (χ4v) is 6.17. The summed E-state index contributed by atoms with van der Waals surface area (Å²) in [5.74, 6) is 0.776. The van der Waals surface area contributed by atoms with Gasteiger partial charge in [-0.25, -0.2) is 4.98 Å². The molecule has 4 aliphatic carbocycles. The Kier molecular flexibility index (Phi) is 5.95. The van der Waals surface area contributed by atoms with Crippen molar-refractivity contribution < 1.29 is 19.1 Å². The fourth-order valence-electron chi connectivity index (χ4n) is 5.75. The Balaban J connectivity index is 1.26. The van der Waals surface area contributed by atoms with Gasteiger partial charge in [0.15, 0.2) is 11.9 Å². The van der Waals surface area contributed by atoms with Crippen LogP contribution in [0.4, 0.5) is 5.82 Å². The van der Waals surface area contributed by atoms with Crippen molar-refractivity contribution >= 4 is 46.8 Å². The summed E-state index contributed by atoms with van der Waals surface area (Å²) in [6.45, 7) is 1.19. The number of esters is 1. The molecule has 4 fully saturated rings. The Morgan fingerprint density at radius 1 is 1.17 bits per heavy atom. The number of carbonyl (C=O) groups excluding carboxylic acids is 3. The van der Waals surface area contributed by atoms with Gasteiger partial charge in [0.05, 0.1) is 10.0 Å². The van der Waals surface area contributed by atoms with Crippen molar-refractivity contribution in [2.75, 3.05) is 11.9 Å². The molecule has 5 rings (SSSR count). The first-order valence-electron chi connectivity index (χ1n) is 10.3. The van der Waals surface area contributed by atoms with E-state index in [0.717, 1.165) is 19.3 Å². The van der Waals surface area contributed by atoms with Gasteiger partial charge >= 0.3 is 5.97 Å². The smallest absolute Gasteiger partial charge is 0.326 e. The maximum atomic E-state index is 12.9. The van der Waals surface area contributed by atoms with Gasteiger partial charge in [0.25, 0.3) is 5.91 Å². The molecule has 7 nitrogen and oxygen atoms in total. The van der Waals surface area contributed by atoms with Crippen molar-refractivity contribution in [3.8, 4) is 0 Å². The molecule has 162 valence electrons. The second-order valence-electron chi connectivity index (χ2n) is 8.99. The third-order valence-electron chi connectivity index (χ3n) is 6.64. The number of nitrogens with one attached hydrogen (secondary N) is 2. The Labute approximate surface area is 185 Å². The van der Waals surface area contributed by atoms with E-state index in [-0.39, 0.29) is 28.7 Å². The number of carbonyl (C=O) groups is 3. The van der Waals surface area contributed by atoms with E-state index in [9.17, 15) is 14.4 Å². The van der Waals surface area contributed by atoms with E-state index in [4.69, 9.17) is 27.9 Å². The Bertz CT molecular complexity index is 841. The van der Waals surface area contributed by atoms with Gasteiger partial charge in [0, 0.05) is 11.6 Å². The minimum absolute atomic E-state index is 0.0483. The van der Waals surface area contributed by atoms with Crippen molar-refractivity contribution in [3.05, 3.63) is 22.3 Å². The predicted octanol–water partition coefficient (Wildman–Crippen LogP) is 3.59. The summed E-state index contributed by atoms with van der Waals surface area (Å²) in [6, 6.07) is 1.45. The lowest BCUT2D eigenvalue weighted by atomic mass is 9.49. The maximum Gasteiger partial charge on any atom is 0.326 e. The summed E-state index contributed by atoms with van der Waals surface area (Å²) in [5, 5.41) is 5.76. The Morgan fingerprint density at radius 3 is 2.33 bits per heavy atom. The van der Waals surface area contributed by atoms with Gasteiger partial charge in [-0.1, -0.05) is 23.2 Å². The lowest BCUT2D eigenvalue weighted by molar-refractivity contribution is -0.155. The second-order valence-corrected chi connectivity index (χ2v) is 9.83. The zero-order chi connectivity index (χ0) is 21.5. The maximum absolute atomic E-state index is 12.9. The van der Waals surface area contributed by atoms with Crippen molar-refractivity contribution in [2.24, 2.45) is 23.2 Å². The van der Waals surface area contributed by atoms with Crippen LogP contribution < -0.4 is 10.6 Å². The molecule has 9 heteroatoms. The molecule has 4 aliphatic rings. The standard InChI is InChI=1S/C21H25Cl2N3O4/c1-11(19(28)26-18-16(23)5-15(22)9-24-18)30-17(27)10-25-20(29)21-6-12-2-13(7-21)4-14(3-12)8-21/h5,9,11-14H,2-4,6-8,10H2,1H3,(H,25,29)(H,24,26,28)/t11-,12?,13?,14?,21?/m0/s1. The van der Waals surface area contributed by atoms with Crippen molar-refractivity contribution in [2.45, 2.75) is 51.6 Å². The second kappa shape index (κ2) is 8.35. The number of hydrogen-bond acceptors (Lipinski definition) is 5. The van der Waals surface area contributed by atoms with Gasteiger partial charge in [-0.2, -0.15) is 0 Å². The van der Waals surface area contributed by atoms with Crippen LogP contribution in [0, 0.1) is 23.2 Å². The average molecular weight is 454 g/mol. The van der Waals surface area contributed by atoms with Crippen LogP contribution in [0.15, 0.2) is 12.3 Å². The molecular formula is C21H25Cl2N3O4. The van der Waals surface area contributed by atoms with Crippen LogP contribution in [0.3, 0.4) is 0 Å². The summed E-state index contributed by atoms with van der Waals surface area (Å²) in [6.07, 6.45) is 6.78. The molecule has 0 aromatic carbocycles. The highest BCUT2D eigenvalue weighted by atomic mass is 35.5. The van der Waals surface area contributed by atoms with Gasteiger partial charge in [0.2, 0.25) is 5.91 Å². The van der Waals surface area contributed by atoms with Crippen LogP contribution in [0.1, 0.15) is 45.4 Å². The van der Waals surface area contributed by atoms with Crippen LogP contribution >= 0.6 is 23.2 Å². The molecule has 0 saturated heterocycles. The van der Waals surface area contributed by atoms with Gasteiger partial charge in [-0.3, -0.25) is 14.4 Å². The van der Waals surface area contributed by atoms with Crippen molar-refractivity contribution in [3.63, 3.8) is 0 Å². The lowest BCUT2D eigenvalue weighted by Crippen LogP contribution is -2.54. The van der Waals surface area contributed by atoms with E-state index < -0.39 is 18.0 Å². The highest BCUT2D eigenvalue weighted by molar-refractivity contribution is 6.36. The Morgan fingerprint density at radius 2 is 1.77 bits per heavy atom. The summed E-state index contributed by atoms with van der Waals surface area (Å²) < 4.78 is 5.15. The molecule has 2 N–H and O–H groups in total. The lowest BCUT2D eigenvalue weighted by Gasteiger charge is -2.55. The number of hydrogen-bond donors (Lipinski definition) is 2. The number of pyridine rings is 1. The minimum atomic E-state index is -1.07. The highest BCUT2D eigenvalue weighted by Crippen LogP contribution is 2.60. The van der Waals surface area contributed by atoms with Gasteiger partial charge in [0.1, 0.15) is 6.54 Å². The third kappa shape index (κ3) is 4.42. The number of rotatable bonds is 6. The number of amides is 2. The first kappa shape index (κ1) is 21.4. The SMILES string of the molecule is C[C@H](OC(=O)CNC(=O)C12CC3CC(CC(C3)C1)C2)C(=O)Nc1ncc(Cl)cc1Cl. The van der Waals surface area contributed by atoms with E-state index in [2.05, 4.69) is 15.6 Å².